The zero-order chi connectivity index (χ0) is 14.0. The molecule has 0 bridgehead atoms. The number of esters is 1. The van der Waals surface area contributed by atoms with Crippen LogP contribution in [0.5, 0.6) is 0 Å². The average molecular weight is 256 g/mol. The topological polar surface area (TPSA) is 26.3 Å². The summed E-state index contributed by atoms with van der Waals surface area (Å²) in [5.74, 6) is 0.497. The van der Waals surface area contributed by atoms with Gasteiger partial charge in [0.1, 0.15) is 0 Å². The van der Waals surface area contributed by atoms with E-state index in [1.54, 1.807) is 0 Å². The van der Waals surface area contributed by atoms with E-state index in [4.69, 9.17) is 4.74 Å². The number of carbonyl (C=O) groups excluding carboxylic acids is 1. The van der Waals surface area contributed by atoms with Gasteiger partial charge in [-0.15, -0.1) is 0 Å². The van der Waals surface area contributed by atoms with Crippen molar-refractivity contribution in [3.8, 4) is 0 Å². The minimum absolute atomic E-state index is 0.0262. The lowest BCUT2D eigenvalue weighted by Gasteiger charge is -2.37. The molecule has 2 heteroatoms. The van der Waals surface area contributed by atoms with Gasteiger partial charge in [-0.25, -0.2) is 0 Å². The molecule has 0 heterocycles. The Hall–Kier alpha value is -0.530. The van der Waals surface area contributed by atoms with Crippen molar-refractivity contribution in [3.63, 3.8) is 0 Å². The minimum atomic E-state index is -0.251. The molecule has 1 unspecified atom stereocenters. The normalized spacial score (nSPS) is 13.4. The third-order valence-electron chi connectivity index (χ3n) is 4.37. The molecule has 2 nitrogen and oxygen atoms in total. The summed E-state index contributed by atoms with van der Waals surface area (Å²) in [4.78, 5) is 12.3. The maximum Gasteiger partial charge on any atom is 0.312 e. The van der Waals surface area contributed by atoms with Crippen LogP contribution in [0.2, 0.25) is 0 Å². The maximum absolute atomic E-state index is 12.3. The molecule has 0 saturated carbocycles. The summed E-state index contributed by atoms with van der Waals surface area (Å²) < 4.78 is 5.34. The van der Waals surface area contributed by atoms with Gasteiger partial charge >= 0.3 is 5.97 Å². The van der Waals surface area contributed by atoms with Gasteiger partial charge in [0.2, 0.25) is 0 Å². The van der Waals surface area contributed by atoms with Gasteiger partial charge in [-0.1, -0.05) is 53.4 Å². The van der Waals surface area contributed by atoms with Crippen molar-refractivity contribution < 1.29 is 9.53 Å². The summed E-state index contributed by atoms with van der Waals surface area (Å²) in [5.41, 5.74) is -0.251. The van der Waals surface area contributed by atoms with Gasteiger partial charge in [0.25, 0.3) is 0 Å². The maximum atomic E-state index is 12.3. The molecule has 0 spiro atoms. The summed E-state index contributed by atoms with van der Waals surface area (Å²) in [7, 11) is 0. The van der Waals surface area contributed by atoms with Crippen LogP contribution in [0.4, 0.5) is 0 Å². The van der Waals surface area contributed by atoms with Gasteiger partial charge in [-0.3, -0.25) is 4.79 Å². The number of carbonyl (C=O) groups is 1. The van der Waals surface area contributed by atoms with Crippen LogP contribution in [-0.4, -0.2) is 12.6 Å². The van der Waals surface area contributed by atoms with Crippen LogP contribution >= 0.6 is 0 Å². The fraction of sp³-hybridized carbons (Fsp3) is 0.938. The van der Waals surface area contributed by atoms with Gasteiger partial charge < -0.3 is 4.74 Å². The van der Waals surface area contributed by atoms with Crippen molar-refractivity contribution in [2.24, 2.45) is 11.3 Å². The first-order valence-electron chi connectivity index (χ1n) is 7.79. The Morgan fingerprint density at radius 1 is 1.06 bits per heavy atom. The Bertz CT molecular complexity index is 219. The molecule has 108 valence electrons. The number of rotatable bonds is 10. The summed E-state index contributed by atoms with van der Waals surface area (Å²) >= 11 is 0. The van der Waals surface area contributed by atoms with Crippen LogP contribution in [0.25, 0.3) is 0 Å². The lowest BCUT2D eigenvalue weighted by atomic mass is 9.68. The molecule has 0 rings (SSSR count). The molecular weight excluding hydrogens is 224 g/mol. The predicted molar refractivity (Wildman–Crippen MR) is 77.6 cm³/mol. The molecule has 0 aromatic rings. The second-order valence-corrected chi connectivity index (χ2v) is 5.18. The van der Waals surface area contributed by atoms with Crippen LogP contribution in [0.1, 0.15) is 79.6 Å². The number of hydrogen-bond acceptors (Lipinski definition) is 2. The van der Waals surface area contributed by atoms with Gasteiger partial charge in [-0.05, 0) is 32.1 Å². The Labute approximate surface area is 113 Å². The van der Waals surface area contributed by atoms with Crippen LogP contribution in [0.15, 0.2) is 0 Å². The Balaban J connectivity index is 4.83. The van der Waals surface area contributed by atoms with E-state index >= 15 is 0 Å². The monoisotopic (exact) mass is 256 g/mol. The molecule has 0 radical (unpaired) electrons. The predicted octanol–water partition coefficient (Wildman–Crippen LogP) is 4.96. The van der Waals surface area contributed by atoms with Crippen molar-refractivity contribution in [2.75, 3.05) is 6.61 Å². The largest absolute Gasteiger partial charge is 0.466 e. The van der Waals surface area contributed by atoms with Gasteiger partial charge in [0.15, 0.2) is 0 Å². The summed E-state index contributed by atoms with van der Waals surface area (Å²) in [5, 5.41) is 0. The first-order chi connectivity index (χ1) is 8.62. The van der Waals surface area contributed by atoms with E-state index in [2.05, 4.69) is 27.7 Å². The second kappa shape index (κ2) is 9.41. The molecule has 1 atom stereocenters. The van der Waals surface area contributed by atoms with E-state index in [0.717, 1.165) is 25.7 Å². The molecule has 0 saturated heterocycles. The zero-order valence-corrected chi connectivity index (χ0v) is 13.1. The Morgan fingerprint density at radius 2 is 1.67 bits per heavy atom. The molecule has 0 amide bonds. The summed E-state index contributed by atoms with van der Waals surface area (Å²) in [6.45, 7) is 11.1. The molecular formula is C16H32O2. The van der Waals surface area contributed by atoms with E-state index < -0.39 is 0 Å². The smallest absolute Gasteiger partial charge is 0.312 e. The summed E-state index contributed by atoms with van der Waals surface area (Å²) in [6, 6.07) is 0. The van der Waals surface area contributed by atoms with Crippen LogP contribution < -0.4 is 0 Å². The van der Waals surface area contributed by atoms with Crippen molar-refractivity contribution in [2.45, 2.75) is 79.6 Å². The third-order valence-corrected chi connectivity index (χ3v) is 4.37. The van der Waals surface area contributed by atoms with E-state index in [0.29, 0.717) is 12.5 Å². The molecule has 0 aliphatic rings. The van der Waals surface area contributed by atoms with Crippen molar-refractivity contribution in [1.82, 2.24) is 0 Å². The molecule has 0 aliphatic carbocycles. The molecule has 0 aromatic carbocycles. The SMILES string of the molecule is CCCCCC(CC)C(CC)(CC)C(=O)OCC. The number of unbranched alkanes of at least 4 members (excludes halogenated alkanes) is 2. The van der Waals surface area contributed by atoms with Crippen LogP contribution in [-0.2, 0) is 9.53 Å². The van der Waals surface area contributed by atoms with Crippen LogP contribution in [0, 0.1) is 11.3 Å². The highest BCUT2D eigenvalue weighted by molar-refractivity contribution is 5.77. The van der Waals surface area contributed by atoms with Gasteiger partial charge in [0.05, 0.1) is 12.0 Å². The Morgan fingerprint density at radius 3 is 2.06 bits per heavy atom. The zero-order valence-electron chi connectivity index (χ0n) is 13.1. The second-order valence-electron chi connectivity index (χ2n) is 5.18. The molecule has 18 heavy (non-hydrogen) atoms. The van der Waals surface area contributed by atoms with E-state index in [1.165, 1.54) is 19.3 Å². The van der Waals surface area contributed by atoms with Crippen molar-refractivity contribution in [3.05, 3.63) is 0 Å². The molecule has 0 N–H and O–H groups in total. The van der Waals surface area contributed by atoms with E-state index in [-0.39, 0.29) is 11.4 Å². The quantitative estimate of drug-likeness (QED) is 0.408. The highest BCUT2D eigenvalue weighted by Crippen LogP contribution is 2.41. The first-order valence-corrected chi connectivity index (χ1v) is 7.79. The van der Waals surface area contributed by atoms with Crippen molar-refractivity contribution in [1.29, 1.82) is 0 Å². The van der Waals surface area contributed by atoms with Crippen molar-refractivity contribution >= 4 is 5.97 Å². The highest BCUT2D eigenvalue weighted by atomic mass is 16.5. The van der Waals surface area contributed by atoms with Gasteiger partial charge in [-0.2, -0.15) is 0 Å². The van der Waals surface area contributed by atoms with E-state index in [1.807, 2.05) is 6.92 Å². The lowest BCUT2D eigenvalue weighted by Crippen LogP contribution is -2.39. The summed E-state index contributed by atoms with van der Waals surface area (Å²) in [6.07, 6.45) is 7.76. The van der Waals surface area contributed by atoms with Crippen LogP contribution in [0.3, 0.4) is 0 Å². The number of ether oxygens (including phenoxy) is 1. The Kier molecular flexibility index (Phi) is 9.13. The highest BCUT2D eigenvalue weighted by Gasteiger charge is 2.42. The van der Waals surface area contributed by atoms with E-state index in [9.17, 15) is 4.79 Å². The molecule has 0 aromatic heterocycles. The number of hydrogen-bond donors (Lipinski definition) is 0. The molecule has 0 aliphatic heterocycles. The fourth-order valence-electron chi connectivity index (χ4n) is 3.07. The van der Waals surface area contributed by atoms with Gasteiger partial charge in [0, 0.05) is 0 Å². The third kappa shape index (κ3) is 4.29. The lowest BCUT2D eigenvalue weighted by molar-refractivity contribution is -0.160. The average Bonchev–Trinajstić information content (AvgIpc) is 2.39. The standard InChI is InChI=1S/C16H32O2/c1-6-11-12-13-14(7-2)16(8-3,9-4)15(17)18-10-5/h14H,6-13H2,1-5H3. The molecule has 0 fully saturated rings. The fourth-order valence-corrected chi connectivity index (χ4v) is 3.07. The first kappa shape index (κ1) is 17.5. The minimum Gasteiger partial charge on any atom is -0.466 e.